The molecule has 0 aliphatic heterocycles. The Kier molecular flexibility index (Phi) is 5.74. The van der Waals surface area contributed by atoms with Gasteiger partial charge >= 0.3 is 0 Å². The zero-order valence-electron chi connectivity index (χ0n) is 9.38. The summed E-state index contributed by atoms with van der Waals surface area (Å²) in [5.74, 6) is -0.253. The molecule has 0 heterocycles. The molecule has 1 rings (SSSR count). The van der Waals surface area contributed by atoms with Gasteiger partial charge in [-0.3, -0.25) is 0 Å². The standard InChI is InChI=1S/C12H17ClFNO/c1-2-16-6-5-11(15)8-9-7-10(13)3-4-12(9)14/h3-4,7,11H,2,5-6,8,15H2,1H3. The average Bonchev–Trinajstić information content (AvgIpc) is 2.24. The van der Waals surface area contributed by atoms with Crippen molar-refractivity contribution < 1.29 is 9.13 Å². The van der Waals surface area contributed by atoms with E-state index in [0.717, 1.165) is 6.42 Å². The molecule has 0 aliphatic carbocycles. The van der Waals surface area contributed by atoms with Gasteiger partial charge in [0.15, 0.2) is 0 Å². The molecule has 0 aliphatic rings. The summed E-state index contributed by atoms with van der Waals surface area (Å²) in [4.78, 5) is 0. The molecule has 90 valence electrons. The van der Waals surface area contributed by atoms with E-state index in [4.69, 9.17) is 22.1 Å². The molecule has 1 aromatic carbocycles. The van der Waals surface area contributed by atoms with E-state index in [2.05, 4.69) is 0 Å². The smallest absolute Gasteiger partial charge is 0.126 e. The minimum absolute atomic E-state index is 0.0977. The van der Waals surface area contributed by atoms with Crippen LogP contribution in [0.2, 0.25) is 5.02 Å². The molecule has 16 heavy (non-hydrogen) atoms. The van der Waals surface area contributed by atoms with Gasteiger partial charge in [0.1, 0.15) is 5.82 Å². The normalized spacial score (nSPS) is 12.8. The first-order chi connectivity index (χ1) is 7.63. The van der Waals surface area contributed by atoms with E-state index in [0.29, 0.717) is 30.2 Å². The Balaban J connectivity index is 2.48. The number of rotatable bonds is 6. The number of hydrogen-bond acceptors (Lipinski definition) is 2. The summed E-state index contributed by atoms with van der Waals surface area (Å²) in [7, 11) is 0. The third-order valence-corrected chi connectivity index (χ3v) is 2.56. The maximum atomic E-state index is 13.4. The number of benzene rings is 1. The summed E-state index contributed by atoms with van der Waals surface area (Å²) in [5.41, 5.74) is 6.44. The molecule has 0 bridgehead atoms. The first kappa shape index (κ1) is 13.4. The highest BCUT2D eigenvalue weighted by atomic mass is 35.5. The van der Waals surface area contributed by atoms with Crippen LogP contribution in [0.15, 0.2) is 18.2 Å². The highest BCUT2D eigenvalue weighted by molar-refractivity contribution is 6.30. The second kappa shape index (κ2) is 6.84. The predicted molar refractivity (Wildman–Crippen MR) is 64.2 cm³/mol. The van der Waals surface area contributed by atoms with Crippen molar-refractivity contribution in [3.05, 3.63) is 34.6 Å². The Morgan fingerprint density at radius 1 is 1.50 bits per heavy atom. The average molecular weight is 246 g/mol. The molecular formula is C12H17ClFNO. The maximum Gasteiger partial charge on any atom is 0.126 e. The SMILES string of the molecule is CCOCCC(N)Cc1cc(Cl)ccc1F. The monoisotopic (exact) mass is 245 g/mol. The minimum Gasteiger partial charge on any atom is -0.382 e. The molecule has 0 aromatic heterocycles. The largest absolute Gasteiger partial charge is 0.382 e. The highest BCUT2D eigenvalue weighted by Gasteiger charge is 2.08. The second-order valence-corrected chi connectivity index (χ2v) is 4.12. The molecule has 1 unspecified atom stereocenters. The van der Waals surface area contributed by atoms with Crippen molar-refractivity contribution in [2.75, 3.05) is 13.2 Å². The highest BCUT2D eigenvalue weighted by Crippen LogP contribution is 2.16. The van der Waals surface area contributed by atoms with Crippen LogP contribution in [0, 0.1) is 5.82 Å². The molecule has 0 spiro atoms. The Morgan fingerprint density at radius 3 is 2.94 bits per heavy atom. The molecule has 4 heteroatoms. The van der Waals surface area contributed by atoms with Gasteiger partial charge in [0, 0.05) is 24.3 Å². The number of nitrogens with two attached hydrogens (primary N) is 1. The van der Waals surface area contributed by atoms with E-state index in [-0.39, 0.29) is 11.9 Å². The van der Waals surface area contributed by atoms with Gasteiger partial charge in [-0.25, -0.2) is 4.39 Å². The lowest BCUT2D eigenvalue weighted by molar-refractivity contribution is 0.140. The Labute approximate surface area is 101 Å². The van der Waals surface area contributed by atoms with E-state index in [1.165, 1.54) is 12.1 Å². The van der Waals surface area contributed by atoms with E-state index in [1.807, 2.05) is 6.92 Å². The van der Waals surface area contributed by atoms with Crippen LogP contribution in [-0.2, 0) is 11.2 Å². The first-order valence-electron chi connectivity index (χ1n) is 5.40. The van der Waals surface area contributed by atoms with E-state index >= 15 is 0 Å². The first-order valence-corrected chi connectivity index (χ1v) is 5.78. The third kappa shape index (κ3) is 4.47. The second-order valence-electron chi connectivity index (χ2n) is 3.69. The number of halogens is 2. The summed E-state index contributed by atoms with van der Waals surface area (Å²) in [5, 5.41) is 0.536. The van der Waals surface area contributed by atoms with Crippen LogP contribution in [0.4, 0.5) is 4.39 Å². The van der Waals surface area contributed by atoms with Crippen LogP contribution in [0.5, 0.6) is 0 Å². The van der Waals surface area contributed by atoms with Gasteiger partial charge in [-0.1, -0.05) is 11.6 Å². The van der Waals surface area contributed by atoms with E-state index < -0.39 is 0 Å². The van der Waals surface area contributed by atoms with Crippen molar-refractivity contribution in [3.8, 4) is 0 Å². The Bertz CT molecular complexity index is 333. The summed E-state index contributed by atoms with van der Waals surface area (Å²) < 4.78 is 18.6. The van der Waals surface area contributed by atoms with Crippen molar-refractivity contribution in [2.24, 2.45) is 5.73 Å². The topological polar surface area (TPSA) is 35.2 Å². The van der Waals surface area contributed by atoms with Crippen molar-refractivity contribution in [1.29, 1.82) is 0 Å². The van der Waals surface area contributed by atoms with Crippen molar-refractivity contribution in [2.45, 2.75) is 25.8 Å². The van der Waals surface area contributed by atoms with Crippen molar-refractivity contribution in [1.82, 2.24) is 0 Å². The summed E-state index contributed by atoms with van der Waals surface area (Å²) in [6.45, 7) is 3.22. The summed E-state index contributed by atoms with van der Waals surface area (Å²) in [6.07, 6.45) is 1.21. The molecule has 0 amide bonds. The third-order valence-electron chi connectivity index (χ3n) is 2.33. The minimum atomic E-state index is -0.253. The molecule has 2 N–H and O–H groups in total. The van der Waals surface area contributed by atoms with Gasteiger partial charge in [0.2, 0.25) is 0 Å². The van der Waals surface area contributed by atoms with Crippen LogP contribution < -0.4 is 5.73 Å². The predicted octanol–water partition coefficient (Wildman–Crippen LogP) is 2.78. The fourth-order valence-electron chi connectivity index (χ4n) is 1.46. The van der Waals surface area contributed by atoms with Gasteiger partial charge < -0.3 is 10.5 Å². The van der Waals surface area contributed by atoms with Gasteiger partial charge in [-0.05, 0) is 43.5 Å². The Morgan fingerprint density at radius 2 is 2.25 bits per heavy atom. The van der Waals surface area contributed by atoms with Crippen LogP contribution in [0.1, 0.15) is 18.9 Å². The number of hydrogen-bond donors (Lipinski definition) is 1. The fraction of sp³-hybridized carbons (Fsp3) is 0.500. The van der Waals surface area contributed by atoms with Gasteiger partial charge in [0.25, 0.3) is 0 Å². The van der Waals surface area contributed by atoms with E-state index in [9.17, 15) is 4.39 Å². The maximum absolute atomic E-state index is 13.4. The van der Waals surface area contributed by atoms with Crippen LogP contribution in [0.3, 0.4) is 0 Å². The molecule has 1 aromatic rings. The van der Waals surface area contributed by atoms with Gasteiger partial charge in [-0.2, -0.15) is 0 Å². The zero-order chi connectivity index (χ0) is 12.0. The fourth-order valence-corrected chi connectivity index (χ4v) is 1.66. The Hall–Kier alpha value is -0.640. The zero-order valence-corrected chi connectivity index (χ0v) is 10.1. The molecule has 0 fully saturated rings. The lowest BCUT2D eigenvalue weighted by atomic mass is 10.0. The van der Waals surface area contributed by atoms with Gasteiger partial charge in [-0.15, -0.1) is 0 Å². The molecule has 2 nitrogen and oxygen atoms in total. The molecule has 0 saturated heterocycles. The molecule has 0 radical (unpaired) electrons. The molecule has 0 saturated carbocycles. The summed E-state index contributed by atoms with van der Waals surface area (Å²) in [6, 6.07) is 4.43. The molecular weight excluding hydrogens is 229 g/mol. The quantitative estimate of drug-likeness (QED) is 0.783. The molecule has 1 atom stereocenters. The van der Waals surface area contributed by atoms with Crippen molar-refractivity contribution >= 4 is 11.6 Å². The van der Waals surface area contributed by atoms with Crippen LogP contribution in [-0.4, -0.2) is 19.3 Å². The van der Waals surface area contributed by atoms with Crippen LogP contribution >= 0.6 is 11.6 Å². The lowest BCUT2D eigenvalue weighted by Gasteiger charge is -2.12. The van der Waals surface area contributed by atoms with Gasteiger partial charge in [0.05, 0.1) is 0 Å². The summed E-state index contributed by atoms with van der Waals surface area (Å²) >= 11 is 5.79. The number of ether oxygens (including phenoxy) is 1. The van der Waals surface area contributed by atoms with Crippen LogP contribution in [0.25, 0.3) is 0 Å². The van der Waals surface area contributed by atoms with E-state index in [1.54, 1.807) is 6.07 Å². The lowest BCUT2D eigenvalue weighted by Crippen LogP contribution is -2.25. The van der Waals surface area contributed by atoms with Crippen molar-refractivity contribution in [3.63, 3.8) is 0 Å².